The van der Waals surface area contributed by atoms with Crippen LogP contribution in [0.4, 0.5) is 11.4 Å². The number of rotatable bonds is 4. The maximum absolute atomic E-state index is 13.0. The SMILES string of the molecule is CCC[C@H]1C(=O)Nc2ccccc2N1C(=O)c1cnn(CC)c1. The topological polar surface area (TPSA) is 67.2 Å². The molecule has 0 fully saturated rings. The first-order valence-electron chi connectivity index (χ1n) is 7.91. The van der Waals surface area contributed by atoms with Crippen molar-refractivity contribution in [2.24, 2.45) is 0 Å². The van der Waals surface area contributed by atoms with Gasteiger partial charge in [-0.15, -0.1) is 0 Å². The van der Waals surface area contributed by atoms with Gasteiger partial charge < -0.3 is 5.32 Å². The average Bonchev–Trinajstić information content (AvgIpc) is 3.04. The van der Waals surface area contributed by atoms with E-state index in [9.17, 15) is 9.59 Å². The number of hydrogen-bond donors (Lipinski definition) is 1. The van der Waals surface area contributed by atoms with Crippen LogP contribution in [0.2, 0.25) is 0 Å². The second-order valence-electron chi connectivity index (χ2n) is 5.57. The summed E-state index contributed by atoms with van der Waals surface area (Å²) in [5.41, 5.74) is 1.90. The van der Waals surface area contributed by atoms with E-state index in [2.05, 4.69) is 10.4 Å². The molecule has 0 bridgehead atoms. The number of aryl methyl sites for hydroxylation is 1. The minimum absolute atomic E-state index is 0.137. The lowest BCUT2D eigenvalue weighted by molar-refractivity contribution is -0.117. The van der Waals surface area contributed by atoms with Crippen LogP contribution >= 0.6 is 0 Å². The Hall–Kier alpha value is -2.63. The molecule has 1 aromatic carbocycles. The van der Waals surface area contributed by atoms with Crippen LogP contribution in [0.3, 0.4) is 0 Å². The van der Waals surface area contributed by atoms with Crippen molar-refractivity contribution in [3.05, 3.63) is 42.2 Å². The molecule has 0 radical (unpaired) electrons. The van der Waals surface area contributed by atoms with Crippen molar-refractivity contribution in [2.75, 3.05) is 10.2 Å². The number of carbonyl (C=O) groups is 2. The number of fused-ring (bicyclic) bond motifs is 1. The minimum atomic E-state index is -0.493. The monoisotopic (exact) mass is 312 g/mol. The minimum Gasteiger partial charge on any atom is -0.322 e. The van der Waals surface area contributed by atoms with E-state index >= 15 is 0 Å². The van der Waals surface area contributed by atoms with Crippen LogP contribution in [0.15, 0.2) is 36.7 Å². The maximum atomic E-state index is 13.0. The fraction of sp³-hybridized carbons (Fsp3) is 0.353. The Kier molecular flexibility index (Phi) is 4.14. The van der Waals surface area contributed by atoms with Crippen LogP contribution in [0.5, 0.6) is 0 Å². The molecule has 1 aliphatic rings. The number of aromatic nitrogens is 2. The molecule has 2 amide bonds. The highest BCUT2D eigenvalue weighted by atomic mass is 16.2. The van der Waals surface area contributed by atoms with Crippen LogP contribution < -0.4 is 10.2 Å². The first-order valence-corrected chi connectivity index (χ1v) is 7.91. The molecular formula is C17H20N4O2. The summed E-state index contributed by atoms with van der Waals surface area (Å²) in [7, 11) is 0. The molecule has 1 aromatic heterocycles. The summed E-state index contributed by atoms with van der Waals surface area (Å²) in [5, 5.41) is 7.06. The van der Waals surface area contributed by atoms with Crippen LogP contribution in [0.25, 0.3) is 0 Å². The maximum Gasteiger partial charge on any atom is 0.262 e. The van der Waals surface area contributed by atoms with Gasteiger partial charge in [0.1, 0.15) is 6.04 Å². The number of hydrogen-bond acceptors (Lipinski definition) is 3. The zero-order valence-electron chi connectivity index (χ0n) is 13.3. The number of carbonyl (C=O) groups excluding carboxylic acids is 2. The first kappa shape index (κ1) is 15.3. The first-order chi connectivity index (χ1) is 11.2. The standard InChI is InChI=1S/C17H20N4O2/c1-3-7-15-16(22)19-13-8-5-6-9-14(13)21(15)17(23)12-10-18-20(4-2)11-12/h5-6,8-11,15H,3-4,7H2,1-2H3,(H,19,22)/t15-/m0/s1. The molecule has 23 heavy (non-hydrogen) atoms. The Morgan fingerprint density at radius 3 is 2.78 bits per heavy atom. The number of nitrogens with one attached hydrogen (secondary N) is 1. The van der Waals surface area contributed by atoms with Gasteiger partial charge in [0.05, 0.1) is 23.1 Å². The lowest BCUT2D eigenvalue weighted by atomic mass is 10.0. The molecule has 0 unspecified atom stereocenters. The summed E-state index contributed by atoms with van der Waals surface area (Å²) < 4.78 is 1.71. The van der Waals surface area contributed by atoms with E-state index in [-0.39, 0.29) is 11.8 Å². The molecule has 3 rings (SSSR count). The Bertz CT molecular complexity index is 738. The highest BCUT2D eigenvalue weighted by Gasteiger charge is 2.36. The molecule has 0 spiro atoms. The molecule has 0 aliphatic carbocycles. The van der Waals surface area contributed by atoms with Crippen molar-refractivity contribution in [3.8, 4) is 0 Å². The Morgan fingerprint density at radius 1 is 1.30 bits per heavy atom. The summed E-state index contributed by atoms with van der Waals surface area (Å²) in [4.78, 5) is 27.0. The smallest absolute Gasteiger partial charge is 0.262 e. The van der Waals surface area contributed by atoms with Crippen molar-refractivity contribution in [2.45, 2.75) is 39.3 Å². The lowest BCUT2D eigenvalue weighted by Gasteiger charge is -2.36. The molecule has 1 aliphatic heterocycles. The average molecular weight is 312 g/mol. The van der Waals surface area contributed by atoms with Gasteiger partial charge in [-0.2, -0.15) is 5.10 Å². The van der Waals surface area contributed by atoms with Gasteiger partial charge in [-0.25, -0.2) is 0 Å². The van der Waals surface area contributed by atoms with Gasteiger partial charge in [0.15, 0.2) is 0 Å². The fourth-order valence-electron chi connectivity index (χ4n) is 2.86. The zero-order valence-corrected chi connectivity index (χ0v) is 13.3. The quantitative estimate of drug-likeness (QED) is 0.944. The molecule has 6 heteroatoms. The third-order valence-electron chi connectivity index (χ3n) is 4.02. The largest absolute Gasteiger partial charge is 0.322 e. The summed E-state index contributed by atoms with van der Waals surface area (Å²) in [5.74, 6) is -0.327. The van der Waals surface area contributed by atoms with Crippen molar-refractivity contribution in [1.82, 2.24) is 9.78 Å². The number of anilines is 2. The molecule has 120 valence electrons. The van der Waals surface area contributed by atoms with Gasteiger partial charge in [-0.3, -0.25) is 19.2 Å². The fourth-order valence-corrected chi connectivity index (χ4v) is 2.86. The van der Waals surface area contributed by atoms with Gasteiger partial charge in [0, 0.05) is 12.7 Å². The lowest BCUT2D eigenvalue weighted by Crippen LogP contribution is -2.51. The molecule has 6 nitrogen and oxygen atoms in total. The van der Waals surface area contributed by atoms with Crippen molar-refractivity contribution in [3.63, 3.8) is 0 Å². The Balaban J connectivity index is 2.04. The molecule has 0 saturated heterocycles. The normalized spacial score (nSPS) is 16.9. The molecule has 0 saturated carbocycles. The van der Waals surface area contributed by atoms with E-state index < -0.39 is 6.04 Å². The summed E-state index contributed by atoms with van der Waals surface area (Å²) in [6.45, 7) is 4.67. The molecule has 1 N–H and O–H groups in total. The van der Waals surface area contributed by atoms with Crippen LogP contribution in [-0.4, -0.2) is 27.6 Å². The summed E-state index contributed by atoms with van der Waals surface area (Å²) in [6, 6.07) is 6.89. The predicted molar refractivity (Wildman–Crippen MR) is 88.5 cm³/mol. The van der Waals surface area contributed by atoms with E-state index in [0.717, 1.165) is 12.1 Å². The van der Waals surface area contributed by atoms with E-state index in [4.69, 9.17) is 0 Å². The number of amides is 2. The molecule has 2 heterocycles. The van der Waals surface area contributed by atoms with E-state index in [1.807, 2.05) is 38.1 Å². The summed E-state index contributed by atoms with van der Waals surface area (Å²) in [6.07, 6.45) is 4.72. The van der Waals surface area contributed by atoms with Crippen LogP contribution in [0, 0.1) is 0 Å². The van der Waals surface area contributed by atoms with Gasteiger partial charge >= 0.3 is 0 Å². The molecule has 2 aromatic rings. The zero-order chi connectivity index (χ0) is 16.4. The van der Waals surface area contributed by atoms with Crippen LogP contribution in [-0.2, 0) is 11.3 Å². The van der Waals surface area contributed by atoms with E-state index in [1.165, 1.54) is 0 Å². The predicted octanol–water partition coefficient (Wildman–Crippen LogP) is 2.67. The Morgan fingerprint density at radius 2 is 2.09 bits per heavy atom. The van der Waals surface area contributed by atoms with Gasteiger partial charge in [0.2, 0.25) is 5.91 Å². The third kappa shape index (κ3) is 2.72. The van der Waals surface area contributed by atoms with Gasteiger partial charge in [-0.05, 0) is 25.5 Å². The third-order valence-corrected chi connectivity index (χ3v) is 4.02. The number of para-hydroxylation sites is 2. The second-order valence-corrected chi connectivity index (χ2v) is 5.57. The van der Waals surface area contributed by atoms with Crippen molar-refractivity contribution < 1.29 is 9.59 Å². The van der Waals surface area contributed by atoms with Crippen LogP contribution in [0.1, 0.15) is 37.0 Å². The van der Waals surface area contributed by atoms with E-state index in [1.54, 1.807) is 22.0 Å². The van der Waals surface area contributed by atoms with Crippen molar-refractivity contribution in [1.29, 1.82) is 0 Å². The Labute approximate surface area is 135 Å². The number of nitrogens with zero attached hydrogens (tertiary/aromatic N) is 3. The van der Waals surface area contributed by atoms with Gasteiger partial charge in [0.25, 0.3) is 5.91 Å². The molecular weight excluding hydrogens is 292 g/mol. The highest BCUT2D eigenvalue weighted by Crippen LogP contribution is 2.34. The molecule has 1 atom stereocenters. The highest BCUT2D eigenvalue weighted by molar-refractivity contribution is 6.16. The number of benzene rings is 1. The second kappa shape index (κ2) is 6.24. The van der Waals surface area contributed by atoms with Gasteiger partial charge in [-0.1, -0.05) is 25.5 Å². The summed E-state index contributed by atoms with van der Waals surface area (Å²) >= 11 is 0. The van der Waals surface area contributed by atoms with Crippen molar-refractivity contribution >= 4 is 23.2 Å². The van der Waals surface area contributed by atoms with E-state index in [0.29, 0.717) is 24.2 Å².